The Hall–Kier alpha value is -1.09. The van der Waals surface area contributed by atoms with Gasteiger partial charge in [-0.3, -0.25) is 9.88 Å². The monoisotopic (exact) mass is 203 g/mol. The van der Waals surface area contributed by atoms with Crippen molar-refractivity contribution in [2.24, 2.45) is 5.92 Å². The highest BCUT2D eigenvalue weighted by molar-refractivity contribution is 5.40. The smallest absolute Gasteiger partial charge is 0.0796 e. The standard InChI is InChI=1S/C12H17N3/c1-2-11(9-13-5-1)14-12-8-10-3-6-15(12)7-4-10/h1-2,5,9-10,12,14H,3-4,6-8H2. The SMILES string of the molecule is c1cncc(NC2CC3CCN2CC3)c1. The molecule has 3 fully saturated rings. The van der Waals surface area contributed by atoms with Crippen LogP contribution in [0.3, 0.4) is 0 Å². The maximum atomic E-state index is 4.13. The maximum Gasteiger partial charge on any atom is 0.0796 e. The second kappa shape index (κ2) is 3.81. The summed E-state index contributed by atoms with van der Waals surface area (Å²) < 4.78 is 0. The first-order valence-electron chi connectivity index (χ1n) is 5.82. The van der Waals surface area contributed by atoms with Crippen LogP contribution in [0, 0.1) is 5.92 Å². The van der Waals surface area contributed by atoms with E-state index in [2.05, 4.69) is 21.3 Å². The Labute approximate surface area is 90.5 Å². The molecule has 1 aromatic heterocycles. The molecule has 80 valence electrons. The number of hydrogen-bond acceptors (Lipinski definition) is 3. The third kappa shape index (κ3) is 1.84. The average Bonchev–Trinajstić information content (AvgIpc) is 2.32. The Morgan fingerprint density at radius 2 is 2.20 bits per heavy atom. The van der Waals surface area contributed by atoms with E-state index in [1.165, 1.54) is 32.4 Å². The molecule has 3 aliphatic heterocycles. The van der Waals surface area contributed by atoms with Gasteiger partial charge in [-0.05, 0) is 37.3 Å². The highest BCUT2D eigenvalue weighted by atomic mass is 15.3. The van der Waals surface area contributed by atoms with Crippen molar-refractivity contribution in [1.29, 1.82) is 0 Å². The van der Waals surface area contributed by atoms with Gasteiger partial charge in [0.15, 0.2) is 0 Å². The fraction of sp³-hybridized carbons (Fsp3) is 0.583. The van der Waals surface area contributed by atoms with Crippen molar-refractivity contribution in [3.05, 3.63) is 24.5 Å². The number of rotatable bonds is 2. The predicted molar refractivity (Wildman–Crippen MR) is 60.6 cm³/mol. The zero-order chi connectivity index (χ0) is 10.1. The van der Waals surface area contributed by atoms with Crippen molar-refractivity contribution in [3.63, 3.8) is 0 Å². The van der Waals surface area contributed by atoms with Gasteiger partial charge in [0.1, 0.15) is 0 Å². The molecule has 0 saturated carbocycles. The van der Waals surface area contributed by atoms with Crippen molar-refractivity contribution < 1.29 is 0 Å². The molecular weight excluding hydrogens is 186 g/mol. The van der Waals surface area contributed by atoms with Crippen LogP contribution in [0.5, 0.6) is 0 Å². The summed E-state index contributed by atoms with van der Waals surface area (Å²) in [5.41, 5.74) is 1.15. The van der Waals surface area contributed by atoms with E-state index in [0.717, 1.165) is 11.6 Å². The number of piperidine rings is 3. The van der Waals surface area contributed by atoms with Crippen molar-refractivity contribution in [1.82, 2.24) is 9.88 Å². The van der Waals surface area contributed by atoms with Crippen LogP contribution in [0.4, 0.5) is 5.69 Å². The van der Waals surface area contributed by atoms with Gasteiger partial charge in [0.05, 0.1) is 11.9 Å². The third-order valence-electron chi connectivity index (χ3n) is 3.64. The molecule has 0 amide bonds. The molecule has 15 heavy (non-hydrogen) atoms. The zero-order valence-electron chi connectivity index (χ0n) is 8.89. The summed E-state index contributed by atoms with van der Waals surface area (Å²) in [6.07, 6.45) is 8.36. The lowest BCUT2D eigenvalue weighted by Gasteiger charge is -2.45. The molecule has 0 spiro atoms. The number of nitrogens with one attached hydrogen (secondary N) is 1. The largest absolute Gasteiger partial charge is 0.368 e. The average molecular weight is 203 g/mol. The molecule has 0 aliphatic carbocycles. The highest BCUT2D eigenvalue weighted by Gasteiger charge is 2.33. The minimum atomic E-state index is 0.543. The third-order valence-corrected chi connectivity index (χ3v) is 3.64. The molecule has 3 aliphatic rings. The topological polar surface area (TPSA) is 28.2 Å². The summed E-state index contributed by atoms with van der Waals surface area (Å²) in [5, 5.41) is 3.58. The van der Waals surface area contributed by atoms with Crippen LogP contribution >= 0.6 is 0 Å². The van der Waals surface area contributed by atoms with E-state index >= 15 is 0 Å². The van der Waals surface area contributed by atoms with E-state index in [0.29, 0.717) is 6.17 Å². The molecule has 2 bridgehead atoms. The fourth-order valence-corrected chi connectivity index (χ4v) is 2.76. The highest BCUT2D eigenvalue weighted by Crippen LogP contribution is 2.31. The fourth-order valence-electron chi connectivity index (χ4n) is 2.76. The van der Waals surface area contributed by atoms with E-state index in [1.807, 2.05) is 18.5 Å². The zero-order valence-corrected chi connectivity index (χ0v) is 8.89. The summed E-state index contributed by atoms with van der Waals surface area (Å²) >= 11 is 0. The first-order valence-corrected chi connectivity index (χ1v) is 5.82. The molecule has 3 heteroatoms. The number of aromatic nitrogens is 1. The number of pyridine rings is 1. The summed E-state index contributed by atoms with van der Waals surface area (Å²) in [5.74, 6) is 0.948. The molecule has 1 N–H and O–H groups in total. The first-order chi connectivity index (χ1) is 7.42. The lowest BCUT2D eigenvalue weighted by atomic mass is 9.86. The Morgan fingerprint density at radius 1 is 1.33 bits per heavy atom. The van der Waals surface area contributed by atoms with Crippen LogP contribution in [-0.4, -0.2) is 29.1 Å². The molecule has 3 nitrogen and oxygen atoms in total. The summed E-state index contributed by atoms with van der Waals surface area (Å²) in [6, 6.07) is 4.08. The Balaban J connectivity index is 1.69. The van der Waals surface area contributed by atoms with E-state index in [9.17, 15) is 0 Å². The van der Waals surface area contributed by atoms with Gasteiger partial charge >= 0.3 is 0 Å². The van der Waals surface area contributed by atoms with Gasteiger partial charge in [-0.1, -0.05) is 0 Å². The van der Waals surface area contributed by atoms with Crippen LogP contribution in [0.25, 0.3) is 0 Å². The van der Waals surface area contributed by atoms with E-state index in [-0.39, 0.29) is 0 Å². The Morgan fingerprint density at radius 3 is 2.80 bits per heavy atom. The molecular formula is C12H17N3. The summed E-state index contributed by atoms with van der Waals surface area (Å²) in [4.78, 5) is 6.69. The molecule has 1 atom stereocenters. The van der Waals surface area contributed by atoms with Crippen molar-refractivity contribution >= 4 is 5.69 Å². The van der Waals surface area contributed by atoms with Gasteiger partial charge in [-0.25, -0.2) is 0 Å². The van der Waals surface area contributed by atoms with E-state index < -0.39 is 0 Å². The second-order valence-electron chi connectivity index (χ2n) is 4.62. The quantitative estimate of drug-likeness (QED) is 0.796. The normalized spacial score (nSPS) is 34.0. The van der Waals surface area contributed by atoms with Crippen LogP contribution in [0.1, 0.15) is 19.3 Å². The molecule has 3 saturated heterocycles. The molecule has 4 heterocycles. The Kier molecular flexibility index (Phi) is 2.33. The van der Waals surface area contributed by atoms with Crippen LogP contribution in [-0.2, 0) is 0 Å². The number of nitrogens with zero attached hydrogens (tertiary/aromatic N) is 2. The van der Waals surface area contributed by atoms with Crippen molar-refractivity contribution in [2.45, 2.75) is 25.4 Å². The molecule has 0 radical (unpaired) electrons. The predicted octanol–water partition coefficient (Wildman–Crippen LogP) is 1.94. The number of fused-ring (bicyclic) bond motifs is 3. The van der Waals surface area contributed by atoms with Gasteiger partial charge in [-0.2, -0.15) is 0 Å². The first kappa shape index (κ1) is 9.16. The van der Waals surface area contributed by atoms with Crippen molar-refractivity contribution in [2.75, 3.05) is 18.4 Å². The van der Waals surface area contributed by atoms with E-state index in [1.54, 1.807) is 0 Å². The van der Waals surface area contributed by atoms with Gasteiger partial charge in [-0.15, -0.1) is 0 Å². The van der Waals surface area contributed by atoms with Crippen LogP contribution < -0.4 is 5.32 Å². The van der Waals surface area contributed by atoms with Gasteiger partial charge < -0.3 is 5.32 Å². The number of hydrogen-bond donors (Lipinski definition) is 1. The van der Waals surface area contributed by atoms with Crippen LogP contribution in [0.2, 0.25) is 0 Å². The number of anilines is 1. The lowest BCUT2D eigenvalue weighted by molar-refractivity contribution is 0.0640. The molecule has 4 rings (SSSR count). The van der Waals surface area contributed by atoms with Gasteiger partial charge in [0.2, 0.25) is 0 Å². The minimum Gasteiger partial charge on any atom is -0.368 e. The molecule has 0 aromatic carbocycles. The van der Waals surface area contributed by atoms with Crippen molar-refractivity contribution in [3.8, 4) is 0 Å². The van der Waals surface area contributed by atoms with Gasteiger partial charge in [0.25, 0.3) is 0 Å². The maximum absolute atomic E-state index is 4.13. The molecule has 1 aromatic rings. The molecule has 1 unspecified atom stereocenters. The van der Waals surface area contributed by atoms with Crippen LogP contribution in [0.15, 0.2) is 24.5 Å². The Bertz CT molecular complexity index is 317. The van der Waals surface area contributed by atoms with E-state index in [4.69, 9.17) is 0 Å². The minimum absolute atomic E-state index is 0.543. The lowest BCUT2D eigenvalue weighted by Crippen LogP contribution is -2.52. The summed E-state index contributed by atoms with van der Waals surface area (Å²) in [6.45, 7) is 2.53. The summed E-state index contributed by atoms with van der Waals surface area (Å²) in [7, 11) is 0. The second-order valence-corrected chi connectivity index (χ2v) is 4.62. The van der Waals surface area contributed by atoms with Gasteiger partial charge in [0, 0.05) is 25.5 Å².